The third-order valence-electron chi connectivity index (χ3n) is 3.85. The van der Waals surface area contributed by atoms with Crippen molar-refractivity contribution < 1.29 is 18.7 Å². The van der Waals surface area contributed by atoms with Gasteiger partial charge in [0, 0.05) is 0 Å². The molecule has 134 valence electrons. The van der Waals surface area contributed by atoms with Crippen LogP contribution in [0.3, 0.4) is 0 Å². The molecule has 1 N–H and O–H groups in total. The molecular formula is C20H20N2O4. The van der Waals surface area contributed by atoms with Gasteiger partial charge in [-0.3, -0.25) is 4.79 Å². The van der Waals surface area contributed by atoms with Crippen molar-refractivity contribution in [2.75, 3.05) is 7.11 Å². The summed E-state index contributed by atoms with van der Waals surface area (Å²) < 4.78 is 16.0. The molecule has 1 unspecified atom stereocenters. The van der Waals surface area contributed by atoms with Crippen molar-refractivity contribution in [2.45, 2.75) is 19.6 Å². The molecular weight excluding hydrogens is 332 g/mol. The van der Waals surface area contributed by atoms with E-state index in [-0.39, 0.29) is 24.2 Å². The summed E-state index contributed by atoms with van der Waals surface area (Å²) in [5, 5.41) is 2.90. The molecule has 0 saturated carbocycles. The largest absolute Gasteiger partial charge is 0.497 e. The maximum Gasteiger partial charge on any atom is 0.273 e. The van der Waals surface area contributed by atoms with Gasteiger partial charge >= 0.3 is 0 Å². The Balaban J connectivity index is 1.55. The van der Waals surface area contributed by atoms with Gasteiger partial charge in [0.2, 0.25) is 5.89 Å². The standard InChI is InChI=1S/C20H20N2O4/c1-14(15-6-4-3-5-7-15)21-20(23)18-12-26-19(22-18)13-25-17-10-8-16(24-2)9-11-17/h3-12,14H,13H2,1-2H3,(H,21,23). The zero-order valence-corrected chi connectivity index (χ0v) is 14.6. The van der Waals surface area contributed by atoms with Crippen LogP contribution in [0.25, 0.3) is 0 Å². The molecule has 0 saturated heterocycles. The molecule has 1 amide bonds. The number of nitrogens with zero attached hydrogens (tertiary/aromatic N) is 1. The van der Waals surface area contributed by atoms with E-state index in [0.29, 0.717) is 11.6 Å². The number of oxazole rings is 1. The maximum absolute atomic E-state index is 12.3. The number of aromatic nitrogens is 1. The average Bonchev–Trinajstić information content (AvgIpc) is 3.16. The van der Waals surface area contributed by atoms with Crippen molar-refractivity contribution in [3.05, 3.63) is 78.0 Å². The number of ether oxygens (including phenoxy) is 2. The van der Waals surface area contributed by atoms with Gasteiger partial charge in [0.05, 0.1) is 13.2 Å². The quantitative estimate of drug-likeness (QED) is 0.701. The third-order valence-corrected chi connectivity index (χ3v) is 3.85. The Bertz CT molecular complexity index is 844. The number of hydrogen-bond donors (Lipinski definition) is 1. The Morgan fingerprint density at radius 3 is 2.50 bits per heavy atom. The molecule has 0 aliphatic carbocycles. The molecule has 26 heavy (non-hydrogen) atoms. The van der Waals surface area contributed by atoms with Crippen LogP contribution in [0.4, 0.5) is 0 Å². The van der Waals surface area contributed by atoms with E-state index in [4.69, 9.17) is 13.9 Å². The van der Waals surface area contributed by atoms with Crippen LogP contribution in [0.2, 0.25) is 0 Å². The Morgan fingerprint density at radius 1 is 1.12 bits per heavy atom. The Hall–Kier alpha value is -3.28. The molecule has 0 spiro atoms. The Labute approximate surface area is 151 Å². The van der Waals surface area contributed by atoms with Crippen LogP contribution in [0.5, 0.6) is 11.5 Å². The van der Waals surface area contributed by atoms with E-state index in [2.05, 4.69) is 10.3 Å². The lowest BCUT2D eigenvalue weighted by atomic mass is 10.1. The highest BCUT2D eigenvalue weighted by molar-refractivity contribution is 5.92. The molecule has 0 aliphatic heterocycles. The van der Waals surface area contributed by atoms with E-state index in [1.807, 2.05) is 37.3 Å². The minimum atomic E-state index is -0.291. The molecule has 6 heteroatoms. The molecule has 6 nitrogen and oxygen atoms in total. The maximum atomic E-state index is 12.3. The predicted octanol–water partition coefficient (Wildman–Crippen LogP) is 3.75. The SMILES string of the molecule is COc1ccc(OCc2nc(C(=O)NC(C)c3ccccc3)co2)cc1. The predicted molar refractivity (Wildman–Crippen MR) is 96.2 cm³/mol. The Kier molecular flexibility index (Phi) is 5.53. The number of carbonyl (C=O) groups excluding carboxylic acids is 1. The first-order valence-corrected chi connectivity index (χ1v) is 8.23. The fourth-order valence-corrected chi connectivity index (χ4v) is 2.39. The van der Waals surface area contributed by atoms with E-state index in [9.17, 15) is 4.79 Å². The summed E-state index contributed by atoms with van der Waals surface area (Å²) in [6.07, 6.45) is 1.33. The smallest absolute Gasteiger partial charge is 0.273 e. The van der Waals surface area contributed by atoms with Gasteiger partial charge in [-0.1, -0.05) is 30.3 Å². The van der Waals surface area contributed by atoms with Crippen LogP contribution in [0.1, 0.15) is 34.9 Å². The first-order valence-electron chi connectivity index (χ1n) is 8.23. The number of hydrogen-bond acceptors (Lipinski definition) is 5. The summed E-state index contributed by atoms with van der Waals surface area (Å²) in [6, 6.07) is 16.8. The van der Waals surface area contributed by atoms with Crippen molar-refractivity contribution in [3.8, 4) is 11.5 Å². The van der Waals surface area contributed by atoms with Crippen molar-refractivity contribution >= 4 is 5.91 Å². The normalized spacial score (nSPS) is 11.6. The second kappa shape index (κ2) is 8.20. The number of benzene rings is 2. The van der Waals surface area contributed by atoms with Crippen LogP contribution in [0.15, 0.2) is 65.3 Å². The zero-order chi connectivity index (χ0) is 18.4. The fourth-order valence-electron chi connectivity index (χ4n) is 2.39. The third kappa shape index (κ3) is 4.42. The summed E-state index contributed by atoms with van der Waals surface area (Å²) in [6.45, 7) is 2.05. The van der Waals surface area contributed by atoms with Crippen LogP contribution in [0, 0.1) is 0 Å². The first kappa shape index (κ1) is 17.5. The fraction of sp³-hybridized carbons (Fsp3) is 0.200. The van der Waals surface area contributed by atoms with Gasteiger partial charge in [0.1, 0.15) is 17.8 Å². The van der Waals surface area contributed by atoms with E-state index in [1.165, 1.54) is 6.26 Å². The Morgan fingerprint density at radius 2 is 1.81 bits per heavy atom. The van der Waals surface area contributed by atoms with E-state index in [1.54, 1.807) is 31.4 Å². The number of methoxy groups -OCH3 is 1. The van der Waals surface area contributed by atoms with E-state index >= 15 is 0 Å². The number of nitrogens with one attached hydrogen (secondary N) is 1. The van der Waals surface area contributed by atoms with Gasteiger partial charge in [0.15, 0.2) is 12.3 Å². The van der Waals surface area contributed by atoms with Crippen LogP contribution >= 0.6 is 0 Å². The summed E-state index contributed by atoms with van der Waals surface area (Å²) in [5.74, 6) is 1.45. The molecule has 1 atom stereocenters. The van der Waals surface area contributed by atoms with E-state index < -0.39 is 0 Å². The van der Waals surface area contributed by atoms with Gasteiger partial charge in [-0.25, -0.2) is 4.98 Å². The molecule has 0 bridgehead atoms. The van der Waals surface area contributed by atoms with Crippen molar-refractivity contribution in [2.24, 2.45) is 0 Å². The van der Waals surface area contributed by atoms with Gasteiger partial charge in [0.25, 0.3) is 5.91 Å². The second-order valence-electron chi connectivity index (χ2n) is 5.70. The molecule has 2 aromatic carbocycles. The van der Waals surface area contributed by atoms with Gasteiger partial charge in [-0.15, -0.1) is 0 Å². The molecule has 0 radical (unpaired) electrons. The average molecular weight is 352 g/mol. The summed E-state index contributed by atoms with van der Waals surface area (Å²) in [5.41, 5.74) is 1.24. The summed E-state index contributed by atoms with van der Waals surface area (Å²) in [4.78, 5) is 16.5. The van der Waals surface area contributed by atoms with Crippen molar-refractivity contribution in [1.29, 1.82) is 0 Å². The summed E-state index contributed by atoms with van der Waals surface area (Å²) in [7, 11) is 1.61. The molecule has 3 rings (SSSR count). The highest BCUT2D eigenvalue weighted by Gasteiger charge is 2.15. The lowest BCUT2D eigenvalue weighted by Gasteiger charge is -2.12. The highest BCUT2D eigenvalue weighted by Crippen LogP contribution is 2.18. The number of carbonyl (C=O) groups is 1. The molecule has 1 heterocycles. The summed E-state index contributed by atoms with van der Waals surface area (Å²) >= 11 is 0. The van der Waals surface area contributed by atoms with Gasteiger partial charge in [-0.2, -0.15) is 0 Å². The van der Waals surface area contributed by atoms with Gasteiger partial charge < -0.3 is 19.2 Å². The minimum Gasteiger partial charge on any atom is -0.497 e. The van der Waals surface area contributed by atoms with Crippen molar-refractivity contribution in [3.63, 3.8) is 0 Å². The van der Waals surface area contributed by atoms with Crippen LogP contribution in [-0.4, -0.2) is 18.0 Å². The monoisotopic (exact) mass is 352 g/mol. The molecule has 0 aliphatic rings. The topological polar surface area (TPSA) is 73.6 Å². The first-order chi connectivity index (χ1) is 12.7. The molecule has 3 aromatic rings. The lowest BCUT2D eigenvalue weighted by Crippen LogP contribution is -2.26. The molecule has 0 fully saturated rings. The number of amides is 1. The van der Waals surface area contributed by atoms with E-state index in [0.717, 1.165) is 11.3 Å². The number of rotatable bonds is 7. The van der Waals surface area contributed by atoms with Crippen LogP contribution in [-0.2, 0) is 6.61 Å². The highest BCUT2D eigenvalue weighted by atomic mass is 16.5. The minimum absolute atomic E-state index is 0.126. The van der Waals surface area contributed by atoms with Crippen LogP contribution < -0.4 is 14.8 Å². The second-order valence-corrected chi connectivity index (χ2v) is 5.70. The molecule has 1 aromatic heterocycles. The van der Waals surface area contributed by atoms with Crippen molar-refractivity contribution in [1.82, 2.24) is 10.3 Å². The van der Waals surface area contributed by atoms with Gasteiger partial charge in [-0.05, 0) is 36.8 Å². The zero-order valence-electron chi connectivity index (χ0n) is 14.6. The lowest BCUT2D eigenvalue weighted by molar-refractivity contribution is 0.0934.